The van der Waals surface area contributed by atoms with Crippen LogP contribution in [0.3, 0.4) is 0 Å². The van der Waals surface area contributed by atoms with Crippen molar-refractivity contribution in [2.24, 2.45) is 4.99 Å². The predicted molar refractivity (Wildman–Crippen MR) is 34.5 cm³/mol. The predicted octanol–water partition coefficient (Wildman–Crippen LogP) is 0.988. The maximum absolute atomic E-state index is 3.97. The maximum Gasteiger partial charge on any atom is 0.0934 e. The number of nitrogens with zero attached hydrogens (tertiary/aromatic N) is 2. The SMILES string of the molecule is C=CN1C=CCN=C1. The normalized spacial score (nSPS) is 16.8. The fourth-order valence-corrected chi connectivity index (χ4v) is 0.518. The molecule has 1 heterocycles. The van der Waals surface area contributed by atoms with Crippen LogP contribution in [-0.2, 0) is 0 Å². The molecule has 0 radical (unpaired) electrons. The van der Waals surface area contributed by atoms with Crippen LogP contribution in [0.25, 0.3) is 0 Å². The molecule has 1 aliphatic rings. The van der Waals surface area contributed by atoms with Gasteiger partial charge in [0.25, 0.3) is 0 Å². The van der Waals surface area contributed by atoms with Crippen LogP contribution in [0, 0.1) is 0 Å². The van der Waals surface area contributed by atoms with E-state index in [-0.39, 0.29) is 0 Å². The molecule has 0 saturated heterocycles. The third kappa shape index (κ3) is 0.964. The summed E-state index contributed by atoms with van der Waals surface area (Å²) in [7, 11) is 0. The lowest BCUT2D eigenvalue weighted by molar-refractivity contribution is 0.763. The molecule has 0 spiro atoms. The van der Waals surface area contributed by atoms with E-state index in [4.69, 9.17) is 0 Å². The van der Waals surface area contributed by atoms with Crippen molar-refractivity contribution in [2.45, 2.75) is 0 Å². The molecule has 0 unspecified atom stereocenters. The lowest BCUT2D eigenvalue weighted by Gasteiger charge is -2.08. The molecule has 0 aromatic rings. The molecular weight excluding hydrogens is 100 g/mol. The van der Waals surface area contributed by atoms with Crippen LogP contribution >= 0.6 is 0 Å². The van der Waals surface area contributed by atoms with Gasteiger partial charge in [0.2, 0.25) is 0 Å². The van der Waals surface area contributed by atoms with Gasteiger partial charge in [-0.05, 0) is 6.08 Å². The van der Waals surface area contributed by atoms with Crippen molar-refractivity contribution in [3.8, 4) is 0 Å². The molecular formula is C6H8N2. The molecule has 8 heavy (non-hydrogen) atoms. The highest BCUT2D eigenvalue weighted by Gasteiger charge is 1.88. The Morgan fingerprint density at radius 2 is 2.62 bits per heavy atom. The van der Waals surface area contributed by atoms with Crippen molar-refractivity contribution in [3.05, 3.63) is 25.1 Å². The third-order valence-corrected chi connectivity index (χ3v) is 0.914. The first kappa shape index (κ1) is 5.09. The first-order valence-corrected chi connectivity index (χ1v) is 2.50. The van der Waals surface area contributed by atoms with Gasteiger partial charge < -0.3 is 4.90 Å². The van der Waals surface area contributed by atoms with Gasteiger partial charge in [0.15, 0.2) is 0 Å². The summed E-state index contributed by atoms with van der Waals surface area (Å²) in [5.41, 5.74) is 0. The molecule has 0 aromatic carbocycles. The van der Waals surface area contributed by atoms with Crippen LogP contribution in [-0.4, -0.2) is 17.8 Å². The quantitative estimate of drug-likeness (QED) is 0.489. The average molecular weight is 108 g/mol. The summed E-state index contributed by atoms with van der Waals surface area (Å²) in [6.45, 7) is 4.36. The lowest BCUT2D eigenvalue weighted by atomic mass is 10.5. The van der Waals surface area contributed by atoms with E-state index in [9.17, 15) is 0 Å². The van der Waals surface area contributed by atoms with Gasteiger partial charge in [-0.3, -0.25) is 4.99 Å². The molecule has 0 aliphatic carbocycles. The summed E-state index contributed by atoms with van der Waals surface area (Å²) in [6.07, 6.45) is 7.36. The van der Waals surface area contributed by atoms with Crippen molar-refractivity contribution in [1.82, 2.24) is 4.90 Å². The van der Waals surface area contributed by atoms with E-state index in [2.05, 4.69) is 11.6 Å². The molecule has 0 saturated carbocycles. The Morgan fingerprint density at radius 1 is 1.75 bits per heavy atom. The molecule has 1 aliphatic heterocycles. The first-order valence-electron chi connectivity index (χ1n) is 2.50. The summed E-state index contributed by atoms with van der Waals surface area (Å²) in [4.78, 5) is 5.78. The minimum atomic E-state index is 0.796. The zero-order chi connectivity index (χ0) is 5.82. The van der Waals surface area contributed by atoms with Gasteiger partial charge in [0.1, 0.15) is 0 Å². The fourth-order valence-electron chi connectivity index (χ4n) is 0.518. The molecule has 42 valence electrons. The Kier molecular flexibility index (Phi) is 1.47. The molecule has 0 atom stereocenters. The largest absolute Gasteiger partial charge is 0.316 e. The Morgan fingerprint density at radius 3 is 3.00 bits per heavy atom. The average Bonchev–Trinajstić information content (AvgIpc) is 1.90. The summed E-state index contributed by atoms with van der Waals surface area (Å²) >= 11 is 0. The molecule has 2 heteroatoms. The lowest BCUT2D eigenvalue weighted by Crippen LogP contribution is -2.08. The van der Waals surface area contributed by atoms with Crippen molar-refractivity contribution in [2.75, 3.05) is 6.54 Å². The number of hydrogen-bond donors (Lipinski definition) is 0. The van der Waals surface area contributed by atoms with Gasteiger partial charge in [-0.2, -0.15) is 0 Å². The van der Waals surface area contributed by atoms with E-state index in [0.717, 1.165) is 6.54 Å². The van der Waals surface area contributed by atoms with E-state index in [1.54, 1.807) is 12.5 Å². The summed E-state index contributed by atoms with van der Waals surface area (Å²) in [5, 5.41) is 0. The molecule has 0 bridgehead atoms. The molecule has 0 fully saturated rings. The second kappa shape index (κ2) is 2.31. The van der Waals surface area contributed by atoms with E-state index < -0.39 is 0 Å². The molecule has 0 N–H and O–H groups in total. The molecule has 2 nitrogen and oxygen atoms in total. The Hall–Kier alpha value is -1.05. The van der Waals surface area contributed by atoms with Gasteiger partial charge >= 0.3 is 0 Å². The van der Waals surface area contributed by atoms with Crippen molar-refractivity contribution >= 4 is 6.34 Å². The Labute approximate surface area is 48.8 Å². The summed E-state index contributed by atoms with van der Waals surface area (Å²) in [5.74, 6) is 0. The van der Waals surface area contributed by atoms with Gasteiger partial charge in [0, 0.05) is 12.4 Å². The standard InChI is InChI=1S/C6H8N2/c1-2-8-5-3-4-7-6-8/h2-3,5-6H,1,4H2. The van der Waals surface area contributed by atoms with E-state index >= 15 is 0 Å². The third-order valence-electron chi connectivity index (χ3n) is 0.914. The van der Waals surface area contributed by atoms with Crippen molar-refractivity contribution < 1.29 is 0 Å². The minimum absolute atomic E-state index is 0.796. The van der Waals surface area contributed by atoms with Crippen LogP contribution in [0.5, 0.6) is 0 Å². The van der Waals surface area contributed by atoms with Gasteiger partial charge in [-0.25, -0.2) is 0 Å². The summed E-state index contributed by atoms with van der Waals surface area (Å²) < 4.78 is 0. The second-order valence-corrected chi connectivity index (χ2v) is 1.50. The van der Waals surface area contributed by atoms with Gasteiger partial charge in [0.05, 0.1) is 12.9 Å². The highest BCUT2D eigenvalue weighted by atomic mass is 15.1. The first-order chi connectivity index (χ1) is 3.93. The van der Waals surface area contributed by atoms with Crippen molar-refractivity contribution in [1.29, 1.82) is 0 Å². The smallest absolute Gasteiger partial charge is 0.0934 e. The van der Waals surface area contributed by atoms with Crippen LogP contribution in [0.1, 0.15) is 0 Å². The number of hydrogen-bond acceptors (Lipinski definition) is 2. The van der Waals surface area contributed by atoms with Crippen LogP contribution < -0.4 is 0 Å². The maximum atomic E-state index is 3.97. The highest BCUT2D eigenvalue weighted by molar-refractivity contribution is 5.59. The monoisotopic (exact) mass is 108 g/mol. The summed E-state index contributed by atoms with van der Waals surface area (Å²) in [6, 6.07) is 0. The number of rotatable bonds is 1. The highest BCUT2D eigenvalue weighted by Crippen LogP contribution is 1.91. The van der Waals surface area contributed by atoms with Gasteiger partial charge in [-0.1, -0.05) is 6.58 Å². The minimum Gasteiger partial charge on any atom is -0.316 e. The van der Waals surface area contributed by atoms with E-state index in [1.165, 1.54) is 0 Å². The molecule has 0 aromatic heterocycles. The van der Waals surface area contributed by atoms with Crippen LogP contribution in [0.2, 0.25) is 0 Å². The zero-order valence-corrected chi connectivity index (χ0v) is 4.62. The van der Waals surface area contributed by atoms with E-state index in [1.807, 2.05) is 17.2 Å². The zero-order valence-electron chi connectivity index (χ0n) is 4.62. The van der Waals surface area contributed by atoms with E-state index in [0.29, 0.717) is 0 Å². The Balaban J connectivity index is 2.54. The van der Waals surface area contributed by atoms with Gasteiger partial charge in [-0.15, -0.1) is 0 Å². The fraction of sp³-hybridized carbons (Fsp3) is 0.167. The Bertz CT molecular complexity index is 123. The van der Waals surface area contributed by atoms with Crippen LogP contribution in [0.4, 0.5) is 0 Å². The molecule has 0 amide bonds. The number of aliphatic imine (C=N–C) groups is 1. The topological polar surface area (TPSA) is 15.6 Å². The van der Waals surface area contributed by atoms with Crippen molar-refractivity contribution in [3.63, 3.8) is 0 Å². The molecule has 1 rings (SSSR count). The van der Waals surface area contributed by atoms with Crippen LogP contribution in [0.15, 0.2) is 30.0 Å². The second-order valence-electron chi connectivity index (χ2n) is 1.50.